The topological polar surface area (TPSA) is 157 Å². The number of morpholine rings is 1. The number of rotatable bonds is 5. The van der Waals surface area contributed by atoms with Gasteiger partial charge in [0.1, 0.15) is 0 Å². The van der Waals surface area contributed by atoms with E-state index in [9.17, 15) is 10.1 Å². The molecule has 0 aliphatic carbocycles. The van der Waals surface area contributed by atoms with Crippen LogP contribution in [0.5, 0.6) is 0 Å². The Kier molecular flexibility index (Phi) is 4.86. The molecule has 0 aromatic heterocycles. The monoisotopic (exact) mass is 346 g/mol. The highest BCUT2D eigenvalue weighted by atomic mass is 16.6. The van der Waals surface area contributed by atoms with Crippen molar-refractivity contribution in [3.05, 3.63) is 33.9 Å². The first-order chi connectivity index (χ1) is 12.0. The minimum atomic E-state index is -0.391. The summed E-state index contributed by atoms with van der Waals surface area (Å²) in [4.78, 5) is 13.0. The number of anilines is 1. The lowest BCUT2D eigenvalue weighted by atomic mass is 10.1. The van der Waals surface area contributed by atoms with Crippen LogP contribution in [0, 0.1) is 10.1 Å². The van der Waals surface area contributed by atoms with E-state index < -0.39 is 4.92 Å². The molecule has 1 saturated heterocycles. The Morgan fingerprint density at radius 3 is 2.60 bits per heavy atom. The van der Waals surface area contributed by atoms with Gasteiger partial charge in [-0.2, -0.15) is 5.10 Å². The van der Waals surface area contributed by atoms with Gasteiger partial charge in [0.15, 0.2) is 17.4 Å². The molecule has 1 fully saturated rings. The predicted molar refractivity (Wildman–Crippen MR) is 93.5 cm³/mol. The number of ether oxygens (including phenoxy) is 1. The van der Waals surface area contributed by atoms with Gasteiger partial charge < -0.3 is 16.2 Å². The molecule has 132 valence electrons. The van der Waals surface area contributed by atoms with E-state index in [0.717, 1.165) is 13.1 Å². The molecule has 2 heterocycles. The lowest BCUT2D eigenvalue weighted by Crippen LogP contribution is -2.35. The lowest BCUT2D eigenvalue weighted by Gasteiger charge is -2.26. The lowest BCUT2D eigenvalue weighted by molar-refractivity contribution is -0.385. The minimum Gasteiger partial charge on any atom is -0.380 e. The average molecular weight is 346 g/mol. The summed E-state index contributed by atoms with van der Waals surface area (Å²) in [6.07, 6.45) is 0. The molecule has 11 nitrogen and oxygen atoms in total. The van der Waals surface area contributed by atoms with Gasteiger partial charge >= 0.3 is 0 Å². The number of nitrogens with one attached hydrogen (secondary N) is 1. The first kappa shape index (κ1) is 16.8. The summed E-state index contributed by atoms with van der Waals surface area (Å²) in [7, 11) is 0. The maximum Gasteiger partial charge on any atom is 0.274 e. The first-order valence-corrected chi connectivity index (χ1v) is 7.63. The third-order valence-corrected chi connectivity index (χ3v) is 3.82. The van der Waals surface area contributed by atoms with Gasteiger partial charge in [0.2, 0.25) is 0 Å². The van der Waals surface area contributed by atoms with Crippen LogP contribution in [0.25, 0.3) is 0 Å². The Hall–Kier alpha value is -3.05. The molecule has 2 aliphatic rings. The summed E-state index contributed by atoms with van der Waals surface area (Å²) < 4.78 is 5.30. The SMILES string of the molecule is NC1=NN=C(N)C1=NNc1ccc([N+](=O)[O-])c(CN2CCOCC2)c1. The van der Waals surface area contributed by atoms with Crippen molar-refractivity contribution in [1.29, 1.82) is 0 Å². The Bertz CT molecular complexity index is 747. The van der Waals surface area contributed by atoms with Crippen LogP contribution in [0.2, 0.25) is 0 Å². The highest BCUT2D eigenvalue weighted by Crippen LogP contribution is 2.24. The third kappa shape index (κ3) is 3.89. The largest absolute Gasteiger partial charge is 0.380 e. The Labute approximate surface area is 143 Å². The van der Waals surface area contributed by atoms with Gasteiger partial charge in [0.05, 0.1) is 23.8 Å². The summed E-state index contributed by atoms with van der Waals surface area (Å²) in [5, 5.41) is 22.6. The molecular weight excluding hydrogens is 328 g/mol. The van der Waals surface area contributed by atoms with Crippen molar-refractivity contribution >= 4 is 28.8 Å². The standard InChI is InChI=1S/C14H18N8O3/c15-13-12(14(16)20-19-13)18-17-10-1-2-11(22(23)24)9(7-10)8-21-3-5-25-6-4-21/h1-2,7,17H,3-6,8H2,(H4,15,16,18,19,20). The summed E-state index contributed by atoms with van der Waals surface area (Å²) in [6, 6.07) is 4.70. The van der Waals surface area contributed by atoms with Gasteiger partial charge in [0, 0.05) is 31.3 Å². The fraction of sp³-hybridized carbons (Fsp3) is 0.357. The molecule has 0 unspecified atom stereocenters. The van der Waals surface area contributed by atoms with E-state index in [0.29, 0.717) is 31.0 Å². The van der Waals surface area contributed by atoms with Crippen molar-refractivity contribution in [2.45, 2.75) is 6.54 Å². The Morgan fingerprint density at radius 2 is 1.96 bits per heavy atom. The molecule has 0 bridgehead atoms. The quantitative estimate of drug-likeness (QED) is 0.493. The van der Waals surface area contributed by atoms with E-state index >= 15 is 0 Å². The zero-order valence-corrected chi connectivity index (χ0v) is 13.4. The number of benzene rings is 1. The van der Waals surface area contributed by atoms with Crippen LogP contribution in [-0.2, 0) is 11.3 Å². The van der Waals surface area contributed by atoms with Crippen LogP contribution in [0.3, 0.4) is 0 Å². The van der Waals surface area contributed by atoms with E-state index in [1.807, 2.05) is 0 Å². The molecule has 11 heteroatoms. The van der Waals surface area contributed by atoms with E-state index in [1.54, 1.807) is 12.1 Å². The van der Waals surface area contributed by atoms with Crippen molar-refractivity contribution in [1.82, 2.24) is 4.90 Å². The highest BCUT2D eigenvalue weighted by molar-refractivity contribution is 6.68. The smallest absolute Gasteiger partial charge is 0.274 e. The maximum absolute atomic E-state index is 11.3. The van der Waals surface area contributed by atoms with Crippen LogP contribution in [0.15, 0.2) is 33.5 Å². The number of nitrogens with zero attached hydrogens (tertiary/aromatic N) is 5. The molecule has 1 aromatic rings. The van der Waals surface area contributed by atoms with Crippen molar-refractivity contribution in [3.63, 3.8) is 0 Å². The van der Waals surface area contributed by atoms with Gasteiger partial charge in [-0.25, -0.2) is 0 Å². The molecular formula is C14H18N8O3. The van der Waals surface area contributed by atoms with Gasteiger partial charge in [0.25, 0.3) is 5.69 Å². The Balaban J connectivity index is 1.80. The number of hydrazone groups is 1. The number of nitrogens with two attached hydrogens (primary N) is 2. The van der Waals surface area contributed by atoms with E-state index in [4.69, 9.17) is 16.2 Å². The molecule has 0 amide bonds. The van der Waals surface area contributed by atoms with Crippen LogP contribution in [0.4, 0.5) is 11.4 Å². The highest BCUT2D eigenvalue weighted by Gasteiger charge is 2.20. The van der Waals surface area contributed by atoms with Crippen molar-refractivity contribution in [2.24, 2.45) is 26.8 Å². The molecule has 5 N–H and O–H groups in total. The van der Waals surface area contributed by atoms with Gasteiger partial charge in [-0.05, 0) is 12.1 Å². The predicted octanol–water partition coefficient (Wildman–Crippen LogP) is -0.162. The zero-order valence-electron chi connectivity index (χ0n) is 13.4. The van der Waals surface area contributed by atoms with Gasteiger partial charge in [-0.15, -0.1) is 10.2 Å². The van der Waals surface area contributed by atoms with Crippen LogP contribution >= 0.6 is 0 Å². The summed E-state index contributed by atoms with van der Waals surface area (Å²) in [6.45, 7) is 3.17. The van der Waals surface area contributed by atoms with Crippen LogP contribution in [0.1, 0.15) is 5.56 Å². The third-order valence-electron chi connectivity index (χ3n) is 3.82. The van der Waals surface area contributed by atoms with Crippen LogP contribution in [-0.4, -0.2) is 53.5 Å². The first-order valence-electron chi connectivity index (χ1n) is 7.63. The van der Waals surface area contributed by atoms with E-state index in [-0.39, 0.29) is 23.1 Å². The maximum atomic E-state index is 11.3. The summed E-state index contributed by atoms with van der Waals surface area (Å²) >= 11 is 0. The number of nitro groups is 1. The van der Waals surface area contributed by atoms with Crippen molar-refractivity contribution < 1.29 is 9.66 Å². The molecule has 0 atom stereocenters. The van der Waals surface area contributed by atoms with Crippen LogP contribution < -0.4 is 16.9 Å². The van der Waals surface area contributed by atoms with E-state index in [2.05, 4.69) is 25.6 Å². The molecule has 25 heavy (non-hydrogen) atoms. The summed E-state index contributed by atoms with van der Waals surface area (Å²) in [5.74, 6) is 0.223. The fourth-order valence-electron chi connectivity index (χ4n) is 2.53. The second-order valence-corrected chi connectivity index (χ2v) is 5.53. The number of hydrogen-bond donors (Lipinski definition) is 3. The van der Waals surface area contributed by atoms with Gasteiger partial charge in [-0.3, -0.25) is 20.4 Å². The van der Waals surface area contributed by atoms with Crippen molar-refractivity contribution in [2.75, 3.05) is 31.7 Å². The zero-order chi connectivity index (χ0) is 17.8. The van der Waals surface area contributed by atoms with Crippen molar-refractivity contribution in [3.8, 4) is 0 Å². The Morgan fingerprint density at radius 1 is 1.28 bits per heavy atom. The molecule has 2 aliphatic heterocycles. The summed E-state index contributed by atoms with van der Waals surface area (Å²) in [5.41, 5.74) is 15.5. The number of hydrogen-bond acceptors (Lipinski definition) is 10. The second-order valence-electron chi connectivity index (χ2n) is 5.53. The molecule has 0 spiro atoms. The molecule has 1 aromatic carbocycles. The molecule has 3 rings (SSSR count). The normalized spacial score (nSPS) is 17.8. The fourth-order valence-corrected chi connectivity index (χ4v) is 2.53. The molecule has 0 radical (unpaired) electrons. The average Bonchev–Trinajstić information content (AvgIpc) is 2.92. The molecule has 0 saturated carbocycles. The second kappa shape index (κ2) is 7.23. The number of amidine groups is 2. The number of nitro benzene ring substituents is 1. The van der Waals surface area contributed by atoms with Gasteiger partial charge in [-0.1, -0.05) is 0 Å². The van der Waals surface area contributed by atoms with E-state index in [1.165, 1.54) is 6.07 Å². The minimum absolute atomic E-state index is 0.0627.